The predicted octanol–water partition coefficient (Wildman–Crippen LogP) is 4.63. The first kappa shape index (κ1) is 15.4. The Hall–Kier alpha value is -1.54. The highest BCUT2D eigenvalue weighted by Crippen LogP contribution is 2.43. The van der Waals surface area contributed by atoms with Crippen LogP contribution in [0, 0.1) is 0 Å². The van der Waals surface area contributed by atoms with Gasteiger partial charge in [0.15, 0.2) is 0 Å². The zero-order valence-corrected chi connectivity index (χ0v) is 14.4. The van der Waals surface area contributed by atoms with Crippen molar-refractivity contribution in [3.63, 3.8) is 0 Å². The van der Waals surface area contributed by atoms with Gasteiger partial charge in [0, 0.05) is 0 Å². The standard InChI is InChI=1S/C20H25OSi/c1-2-12-20(17-6-4-3-5-7-17)13-15-22(16-14-20)19-10-8-18(21)9-11-19/h3-11,21H,2,12-16H2,1H3. The predicted molar refractivity (Wildman–Crippen MR) is 95.4 cm³/mol. The first-order valence-corrected chi connectivity index (χ1v) is 10.3. The summed E-state index contributed by atoms with van der Waals surface area (Å²) in [5.41, 5.74) is 1.95. The van der Waals surface area contributed by atoms with E-state index in [0.717, 1.165) is 0 Å². The number of hydrogen-bond acceptors (Lipinski definition) is 1. The van der Waals surface area contributed by atoms with E-state index < -0.39 is 8.80 Å². The van der Waals surface area contributed by atoms with Crippen molar-refractivity contribution >= 4 is 14.0 Å². The Kier molecular flexibility index (Phi) is 4.68. The fourth-order valence-corrected chi connectivity index (χ4v) is 7.00. The minimum absolute atomic E-state index is 0.381. The second-order valence-electron chi connectivity index (χ2n) is 6.55. The molecule has 1 aliphatic rings. The number of phenols is 1. The summed E-state index contributed by atoms with van der Waals surface area (Å²) < 4.78 is 0. The Bertz CT molecular complexity index is 583. The molecular formula is C20H25OSi. The number of aromatic hydroxyl groups is 1. The van der Waals surface area contributed by atoms with Crippen molar-refractivity contribution in [3.05, 3.63) is 60.2 Å². The molecule has 22 heavy (non-hydrogen) atoms. The summed E-state index contributed by atoms with van der Waals surface area (Å²) in [6.07, 6.45) is 5.21. The van der Waals surface area contributed by atoms with Crippen molar-refractivity contribution in [3.8, 4) is 5.75 Å². The van der Waals surface area contributed by atoms with Crippen molar-refractivity contribution in [1.29, 1.82) is 0 Å². The van der Waals surface area contributed by atoms with E-state index >= 15 is 0 Å². The van der Waals surface area contributed by atoms with E-state index in [1.165, 1.54) is 43.0 Å². The van der Waals surface area contributed by atoms with Gasteiger partial charge in [-0.2, -0.15) is 0 Å². The van der Waals surface area contributed by atoms with Crippen molar-refractivity contribution in [2.24, 2.45) is 0 Å². The lowest BCUT2D eigenvalue weighted by Gasteiger charge is -2.40. The summed E-state index contributed by atoms with van der Waals surface area (Å²) in [7, 11) is -0.448. The average Bonchev–Trinajstić information content (AvgIpc) is 2.57. The van der Waals surface area contributed by atoms with Crippen LogP contribution in [0.4, 0.5) is 0 Å². The molecule has 1 radical (unpaired) electrons. The Morgan fingerprint density at radius 3 is 2.18 bits per heavy atom. The lowest BCUT2D eigenvalue weighted by molar-refractivity contribution is 0.348. The lowest BCUT2D eigenvalue weighted by Crippen LogP contribution is -2.40. The normalized spacial score (nSPS) is 18.2. The zero-order chi connectivity index (χ0) is 15.4. The molecule has 1 fully saturated rings. The van der Waals surface area contributed by atoms with Gasteiger partial charge in [-0.05, 0) is 42.4 Å². The number of phenolic OH excluding ortho intramolecular Hbond substituents is 1. The second-order valence-corrected chi connectivity index (χ2v) is 9.33. The average molecular weight is 310 g/mol. The summed E-state index contributed by atoms with van der Waals surface area (Å²) >= 11 is 0. The number of rotatable bonds is 4. The van der Waals surface area contributed by atoms with Gasteiger partial charge in [0.05, 0.1) is 8.80 Å². The third-order valence-corrected chi connectivity index (χ3v) is 8.06. The molecular weight excluding hydrogens is 284 g/mol. The Labute approximate surface area is 135 Å². The van der Waals surface area contributed by atoms with Crippen LogP contribution >= 0.6 is 0 Å². The van der Waals surface area contributed by atoms with Gasteiger partial charge in [-0.15, -0.1) is 0 Å². The molecule has 0 saturated carbocycles. The van der Waals surface area contributed by atoms with Crippen LogP contribution in [-0.2, 0) is 5.41 Å². The molecule has 1 aliphatic heterocycles. The third-order valence-electron chi connectivity index (χ3n) is 5.20. The van der Waals surface area contributed by atoms with E-state index in [1.807, 2.05) is 12.1 Å². The highest BCUT2D eigenvalue weighted by atomic mass is 28.3. The van der Waals surface area contributed by atoms with Crippen LogP contribution < -0.4 is 5.19 Å². The highest BCUT2D eigenvalue weighted by molar-refractivity contribution is 6.73. The van der Waals surface area contributed by atoms with Gasteiger partial charge in [-0.1, -0.05) is 73.1 Å². The molecule has 3 rings (SSSR count). The monoisotopic (exact) mass is 309 g/mol. The molecule has 1 N–H and O–H groups in total. The van der Waals surface area contributed by atoms with Crippen molar-refractivity contribution in [2.75, 3.05) is 0 Å². The summed E-state index contributed by atoms with van der Waals surface area (Å²) in [6, 6.07) is 21.8. The van der Waals surface area contributed by atoms with Gasteiger partial charge in [0.25, 0.3) is 0 Å². The quantitative estimate of drug-likeness (QED) is 0.817. The number of benzene rings is 2. The molecule has 0 aromatic heterocycles. The minimum atomic E-state index is -0.448. The Morgan fingerprint density at radius 2 is 1.59 bits per heavy atom. The summed E-state index contributed by atoms with van der Waals surface area (Å²) in [5, 5.41) is 11.0. The summed E-state index contributed by atoms with van der Waals surface area (Å²) in [5.74, 6) is 0.381. The molecule has 0 spiro atoms. The molecule has 0 amide bonds. The largest absolute Gasteiger partial charge is 0.508 e. The van der Waals surface area contributed by atoms with E-state index in [9.17, 15) is 5.11 Å². The van der Waals surface area contributed by atoms with Crippen LogP contribution in [0.15, 0.2) is 54.6 Å². The van der Waals surface area contributed by atoms with E-state index in [4.69, 9.17) is 0 Å². The van der Waals surface area contributed by atoms with Crippen LogP contribution in [-0.4, -0.2) is 13.9 Å². The maximum absolute atomic E-state index is 9.47. The van der Waals surface area contributed by atoms with E-state index in [-0.39, 0.29) is 0 Å². The smallest absolute Gasteiger partial charge is 0.115 e. The molecule has 1 saturated heterocycles. The van der Waals surface area contributed by atoms with Crippen LogP contribution in [0.5, 0.6) is 5.75 Å². The molecule has 0 atom stereocenters. The summed E-state index contributed by atoms with van der Waals surface area (Å²) in [4.78, 5) is 0. The molecule has 0 aliphatic carbocycles. The van der Waals surface area contributed by atoms with Gasteiger partial charge in [-0.3, -0.25) is 0 Å². The maximum Gasteiger partial charge on any atom is 0.115 e. The SMILES string of the molecule is CCCC1(c2ccccc2)CC[Si](c2ccc(O)cc2)CC1. The molecule has 0 unspecified atom stereocenters. The van der Waals surface area contributed by atoms with Crippen molar-refractivity contribution in [2.45, 2.75) is 50.1 Å². The molecule has 1 heterocycles. The minimum Gasteiger partial charge on any atom is -0.508 e. The fraction of sp³-hybridized carbons (Fsp3) is 0.400. The van der Waals surface area contributed by atoms with Crippen LogP contribution in [0.25, 0.3) is 0 Å². The van der Waals surface area contributed by atoms with Gasteiger partial charge in [0.1, 0.15) is 5.75 Å². The van der Waals surface area contributed by atoms with Gasteiger partial charge in [0.2, 0.25) is 0 Å². The molecule has 0 bridgehead atoms. The van der Waals surface area contributed by atoms with E-state index in [1.54, 1.807) is 5.56 Å². The van der Waals surface area contributed by atoms with Crippen molar-refractivity contribution < 1.29 is 5.11 Å². The van der Waals surface area contributed by atoms with Gasteiger partial charge >= 0.3 is 0 Å². The van der Waals surface area contributed by atoms with Gasteiger partial charge in [-0.25, -0.2) is 0 Å². The second kappa shape index (κ2) is 6.70. The fourth-order valence-electron chi connectivity index (χ4n) is 3.97. The topological polar surface area (TPSA) is 20.2 Å². The molecule has 2 aromatic rings. The van der Waals surface area contributed by atoms with E-state index in [0.29, 0.717) is 11.2 Å². The molecule has 115 valence electrons. The first-order valence-electron chi connectivity index (χ1n) is 8.43. The number of hydrogen-bond donors (Lipinski definition) is 1. The molecule has 1 nitrogen and oxygen atoms in total. The highest BCUT2D eigenvalue weighted by Gasteiger charge is 2.36. The van der Waals surface area contributed by atoms with E-state index in [2.05, 4.69) is 49.4 Å². The van der Waals surface area contributed by atoms with Crippen LogP contribution in [0.1, 0.15) is 38.2 Å². The third kappa shape index (κ3) is 3.12. The first-order chi connectivity index (χ1) is 10.7. The van der Waals surface area contributed by atoms with Gasteiger partial charge < -0.3 is 5.11 Å². The van der Waals surface area contributed by atoms with Crippen LogP contribution in [0.2, 0.25) is 12.1 Å². The lowest BCUT2D eigenvalue weighted by atomic mass is 9.72. The molecule has 2 aromatic carbocycles. The van der Waals surface area contributed by atoms with Crippen molar-refractivity contribution in [1.82, 2.24) is 0 Å². The zero-order valence-electron chi connectivity index (χ0n) is 13.4. The maximum atomic E-state index is 9.47. The molecule has 2 heteroatoms. The summed E-state index contributed by atoms with van der Waals surface area (Å²) in [6.45, 7) is 2.31. The van der Waals surface area contributed by atoms with Crippen LogP contribution in [0.3, 0.4) is 0 Å². The Balaban J connectivity index is 1.76. The Morgan fingerprint density at radius 1 is 0.955 bits per heavy atom.